The Balaban J connectivity index is 0.000000371. The zero-order chi connectivity index (χ0) is 7.98. The summed E-state index contributed by atoms with van der Waals surface area (Å²) in [6.07, 6.45) is 0. The quantitative estimate of drug-likeness (QED) is 0.455. The number of hydrogen-bond acceptors (Lipinski definition) is 3. The summed E-state index contributed by atoms with van der Waals surface area (Å²) in [7, 11) is 0. The van der Waals surface area contributed by atoms with Crippen molar-refractivity contribution >= 4 is 0 Å². The second-order valence-electron chi connectivity index (χ2n) is 1.49. The zero-order valence-electron chi connectivity index (χ0n) is 5.11. The van der Waals surface area contributed by atoms with Gasteiger partial charge in [0.15, 0.2) is 11.5 Å². The molecule has 0 saturated heterocycles. The van der Waals surface area contributed by atoms with Crippen molar-refractivity contribution in [3.63, 3.8) is 0 Å². The molecule has 1 aromatic rings. The summed E-state index contributed by atoms with van der Waals surface area (Å²) in [5.74, 6) is -0.153. The monoisotopic (exact) mass is 174 g/mol. The molecule has 0 aliphatic heterocycles. The van der Waals surface area contributed by atoms with Crippen molar-refractivity contribution in [2.45, 2.75) is 0 Å². The summed E-state index contributed by atoms with van der Waals surface area (Å²) in [6.45, 7) is 0. The van der Waals surface area contributed by atoms with Gasteiger partial charge in [0, 0.05) is 0 Å². The van der Waals surface area contributed by atoms with Crippen LogP contribution in [0.3, 0.4) is 0 Å². The number of para-hydroxylation sites is 2. The molecule has 0 spiro atoms. The Morgan fingerprint density at radius 3 is 1.50 bits per heavy atom. The van der Waals surface area contributed by atoms with E-state index in [2.05, 4.69) is 0 Å². The van der Waals surface area contributed by atoms with Gasteiger partial charge in [-0.15, -0.1) is 0 Å². The number of aromatic hydroxyl groups is 2. The third-order valence-electron chi connectivity index (χ3n) is 0.882. The van der Waals surface area contributed by atoms with Gasteiger partial charge in [0.2, 0.25) is 0 Å². The third-order valence-corrected chi connectivity index (χ3v) is 0.882. The Labute approximate surface area is 70.0 Å². The summed E-state index contributed by atoms with van der Waals surface area (Å²) >= 11 is 0.750. The van der Waals surface area contributed by atoms with E-state index < -0.39 is 0 Å². The summed E-state index contributed by atoms with van der Waals surface area (Å²) < 4.78 is 8.25. The number of benzene rings is 1. The maximum absolute atomic E-state index is 8.67. The number of rotatable bonds is 0. The van der Waals surface area contributed by atoms with E-state index >= 15 is 0 Å². The van der Waals surface area contributed by atoms with E-state index in [0.29, 0.717) is 0 Å². The van der Waals surface area contributed by atoms with E-state index in [1.54, 1.807) is 12.1 Å². The molecule has 0 aliphatic carbocycles. The van der Waals surface area contributed by atoms with Crippen LogP contribution in [0.25, 0.3) is 0 Å². The van der Waals surface area contributed by atoms with Crippen LogP contribution in [0.4, 0.5) is 0 Å². The average Bonchev–Trinajstić information content (AvgIpc) is 2.00. The van der Waals surface area contributed by atoms with Crippen LogP contribution >= 0.6 is 0 Å². The van der Waals surface area contributed by atoms with Crippen LogP contribution in [0.2, 0.25) is 0 Å². The fraction of sp³-hybridized carbons (Fsp3) is 0. The molecule has 4 heteroatoms. The van der Waals surface area contributed by atoms with Gasteiger partial charge in [-0.05, 0) is 12.1 Å². The molecule has 0 unspecified atom stereocenters. The molecule has 0 heterocycles. The summed E-state index contributed by atoms with van der Waals surface area (Å²) in [6, 6.07) is 6.15. The van der Waals surface area contributed by atoms with Crippen molar-refractivity contribution < 1.29 is 33.9 Å². The molecule has 1 aromatic carbocycles. The first-order valence-electron chi connectivity index (χ1n) is 2.48. The summed E-state index contributed by atoms with van der Waals surface area (Å²) in [5, 5.41) is 17.3. The van der Waals surface area contributed by atoms with Gasteiger partial charge >= 0.3 is 23.7 Å². The molecular formula is C6H6O3Ti. The molecule has 2 N–H and O–H groups in total. The normalized spacial score (nSPS) is 7.50. The van der Waals surface area contributed by atoms with Crippen LogP contribution in [0.15, 0.2) is 24.3 Å². The van der Waals surface area contributed by atoms with Gasteiger partial charge in [-0.3, -0.25) is 0 Å². The van der Waals surface area contributed by atoms with Crippen LogP contribution in [0, 0.1) is 0 Å². The van der Waals surface area contributed by atoms with Crippen LogP contribution in [0.1, 0.15) is 0 Å². The Morgan fingerprint density at radius 2 is 1.30 bits per heavy atom. The molecular weight excluding hydrogens is 168 g/mol. The van der Waals surface area contributed by atoms with Gasteiger partial charge in [-0.25, -0.2) is 0 Å². The first-order valence-corrected chi connectivity index (χ1v) is 3.12. The molecule has 0 aromatic heterocycles. The van der Waals surface area contributed by atoms with Crippen molar-refractivity contribution in [2.75, 3.05) is 0 Å². The van der Waals surface area contributed by atoms with E-state index in [0.717, 1.165) is 20.4 Å². The minimum atomic E-state index is -0.0764. The molecule has 0 amide bonds. The molecule has 0 fully saturated rings. The van der Waals surface area contributed by atoms with E-state index in [9.17, 15) is 0 Å². The first kappa shape index (κ1) is 9.33. The van der Waals surface area contributed by atoms with Gasteiger partial charge < -0.3 is 10.2 Å². The second-order valence-corrected chi connectivity index (χ2v) is 1.49. The van der Waals surface area contributed by atoms with Crippen molar-refractivity contribution in [1.82, 2.24) is 0 Å². The predicted octanol–water partition coefficient (Wildman–Crippen LogP) is 0.976. The van der Waals surface area contributed by atoms with Gasteiger partial charge in [-0.1, -0.05) is 12.1 Å². The van der Waals surface area contributed by atoms with Gasteiger partial charge in [0.25, 0.3) is 0 Å². The fourth-order valence-electron chi connectivity index (χ4n) is 0.464. The standard InChI is InChI=1S/C6H6O2.O.Ti/c7-5-3-1-2-4-6(5)8;;/h1-4,7-8H;;. The Hall–Kier alpha value is -0.666. The summed E-state index contributed by atoms with van der Waals surface area (Å²) in [4.78, 5) is 0. The number of phenolic OH excluding ortho intramolecular Hbond substituents is 2. The van der Waals surface area contributed by atoms with Crippen LogP contribution in [-0.2, 0) is 23.7 Å². The van der Waals surface area contributed by atoms with Crippen molar-refractivity contribution in [1.29, 1.82) is 0 Å². The Bertz CT molecular complexity index is 181. The average molecular weight is 174 g/mol. The first-order chi connectivity index (χ1) is 4.80. The molecule has 10 heavy (non-hydrogen) atoms. The topological polar surface area (TPSA) is 57.5 Å². The van der Waals surface area contributed by atoms with E-state index in [1.807, 2.05) is 0 Å². The summed E-state index contributed by atoms with van der Waals surface area (Å²) in [5.41, 5.74) is 0. The van der Waals surface area contributed by atoms with Gasteiger partial charge in [0.1, 0.15) is 0 Å². The van der Waals surface area contributed by atoms with E-state index in [4.69, 9.17) is 13.5 Å². The number of hydrogen-bond donors (Lipinski definition) is 2. The molecule has 3 nitrogen and oxygen atoms in total. The molecule has 0 saturated carbocycles. The SMILES string of the molecule is Oc1ccccc1O.[O]=[Ti]. The minimum absolute atomic E-state index is 0.0764. The van der Waals surface area contributed by atoms with Crippen molar-refractivity contribution in [2.24, 2.45) is 0 Å². The second kappa shape index (κ2) is 5.15. The number of phenols is 2. The van der Waals surface area contributed by atoms with Crippen LogP contribution < -0.4 is 0 Å². The molecule has 1 rings (SSSR count). The zero-order valence-corrected chi connectivity index (χ0v) is 6.67. The van der Waals surface area contributed by atoms with Gasteiger partial charge in [-0.2, -0.15) is 0 Å². The van der Waals surface area contributed by atoms with Crippen LogP contribution in [0.5, 0.6) is 11.5 Å². The molecule has 0 bridgehead atoms. The molecule has 0 radical (unpaired) electrons. The molecule has 52 valence electrons. The fourth-order valence-corrected chi connectivity index (χ4v) is 0.464. The van der Waals surface area contributed by atoms with Crippen molar-refractivity contribution in [3.05, 3.63) is 24.3 Å². The Morgan fingerprint density at radius 1 is 1.00 bits per heavy atom. The van der Waals surface area contributed by atoms with Gasteiger partial charge in [0.05, 0.1) is 0 Å². The maximum atomic E-state index is 8.67. The van der Waals surface area contributed by atoms with Crippen molar-refractivity contribution in [3.8, 4) is 11.5 Å². The van der Waals surface area contributed by atoms with Crippen LogP contribution in [-0.4, -0.2) is 10.2 Å². The Kier molecular flexibility index (Phi) is 4.80. The molecule has 0 atom stereocenters. The predicted molar refractivity (Wildman–Crippen MR) is 30.5 cm³/mol. The third kappa shape index (κ3) is 2.76. The van der Waals surface area contributed by atoms with E-state index in [-0.39, 0.29) is 11.5 Å². The van der Waals surface area contributed by atoms with E-state index in [1.165, 1.54) is 12.1 Å². The molecule has 0 aliphatic rings.